The van der Waals surface area contributed by atoms with E-state index in [-0.39, 0.29) is 5.63 Å². The van der Waals surface area contributed by atoms with Gasteiger partial charge in [0, 0.05) is 28.9 Å². The summed E-state index contributed by atoms with van der Waals surface area (Å²) in [5.41, 5.74) is 4.56. The fourth-order valence-corrected chi connectivity index (χ4v) is 4.78. The number of likely N-dealkylation sites (tertiary alicyclic amines) is 1. The van der Waals surface area contributed by atoms with Crippen LogP contribution < -0.4 is 10.5 Å². The lowest BCUT2D eigenvalue weighted by atomic mass is 9.91. The van der Waals surface area contributed by atoms with Crippen molar-refractivity contribution in [3.8, 4) is 0 Å². The van der Waals surface area contributed by atoms with Crippen LogP contribution in [0.15, 0.2) is 27.4 Å². The first-order valence-corrected chi connectivity index (χ1v) is 9.00. The number of hydrogen-bond donors (Lipinski definition) is 1. The Morgan fingerprint density at radius 1 is 1.09 bits per heavy atom. The molecule has 0 spiro atoms. The highest BCUT2D eigenvalue weighted by Crippen LogP contribution is 2.28. The average molecular weight is 312 g/mol. The summed E-state index contributed by atoms with van der Waals surface area (Å²) in [7, 11) is 0. The Hall–Kier alpha value is -1.61. The van der Waals surface area contributed by atoms with Crippen LogP contribution in [0.4, 0.5) is 0 Å². The zero-order chi connectivity index (χ0) is 16.0. The smallest absolute Gasteiger partial charge is 0.336 e. The zero-order valence-corrected chi connectivity index (χ0v) is 14.2. The summed E-state index contributed by atoms with van der Waals surface area (Å²) < 4.78 is 5.49. The fourth-order valence-electron chi connectivity index (χ4n) is 4.78. The molecule has 1 unspecified atom stereocenters. The minimum absolute atomic E-state index is 0.206. The molecule has 0 amide bonds. The van der Waals surface area contributed by atoms with Gasteiger partial charge in [0.1, 0.15) is 12.1 Å². The van der Waals surface area contributed by atoms with Crippen LogP contribution in [0.2, 0.25) is 0 Å². The molecule has 3 heteroatoms. The van der Waals surface area contributed by atoms with Gasteiger partial charge in [0.05, 0.1) is 13.1 Å². The first-order valence-electron chi connectivity index (χ1n) is 9.00. The second-order valence-corrected chi connectivity index (χ2v) is 7.84. The SMILES string of the molecule is C[C@@H]1C[C@H](C)C[NH+](Cc2cc(=O)oc3cc4c(cc23)CCC4)C1. The van der Waals surface area contributed by atoms with Crippen LogP contribution in [0.25, 0.3) is 11.0 Å². The first kappa shape index (κ1) is 14.9. The lowest BCUT2D eigenvalue weighted by Gasteiger charge is -2.32. The Kier molecular flexibility index (Phi) is 3.76. The normalized spacial score (nSPS) is 27.3. The molecule has 0 radical (unpaired) electrons. The first-order chi connectivity index (χ1) is 11.1. The van der Waals surface area contributed by atoms with Crippen molar-refractivity contribution in [2.75, 3.05) is 13.1 Å². The van der Waals surface area contributed by atoms with Gasteiger partial charge in [-0.1, -0.05) is 13.8 Å². The molecule has 2 aliphatic rings. The van der Waals surface area contributed by atoms with Gasteiger partial charge in [-0.15, -0.1) is 0 Å². The Balaban J connectivity index is 1.72. The molecule has 0 saturated carbocycles. The van der Waals surface area contributed by atoms with Gasteiger partial charge in [-0.3, -0.25) is 0 Å². The van der Waals surface area contributed by atoms with Crippen LogP contribution in [0.5, 0.6) is 0 Å². The van der Waals surface area contributed by atoms with E-state index in [4.69, 9.17) is 4.42 Å². The van der Waals surface area contributed by atoms with E-state index in [0.717, 1.165) is 42.2 Å². The molecule has 23 heavy (non-hydrogen) atoms. The van der Waals surface area contributed by atoms with E-state index in [9.17, 15) is 4.79 Å². The van der Waals surface area contributed by atoms with Crippen LogP contribution >= 0.6 is 0 Å². The molecule has 1 aliphatic heterocycles. The maximum absolute atomic E-state index is 12.0. The molecule has 122 valence electrons. The fraction of sp³-hybridized carbons (Fsp3) is 0.550. The van der Waals surface area contributed by atoms with Gasteiger partial charge in [-0.05, 0) is 48.9 Å². The molecule has 2 heterocycles. The van der Waals surface area contributed by atoms with E-state index in [2.05, 4.69) is 26.0 Å². The second kappa shape index (κ2) is 5.79. The Morgan fingerprint density at radius 3 is 2.52 bits per heavy atom. The summed E-state index contributed by atoms with van der Waals surface area (Å²) in [5.74, 6) is 1.54. The number of hydrogen-bond acceptors (Lipinski definition) is 2. The highest BCUT2D eigenvalue weighted by molar-refractivity contribution is 5.82. The quantitative estimate of drug-likeness (QED) is 0.864. The number of benzene rings is 1. The van der Waals surface area contributed by atoms with Gasteiger partial charge in [-0.25, -0.2) is 4.79 Å². The summed E-state index contributed by atoms with van der Waals surface area (Å²) in [4.78, 5) is 13.6. The molecule has 1 N–H and O–H groups in total. The van der Waals surface area contributed by atoms with Gasteiger partial charge in [0.15, 0.2) is 0 Å². The molecule has 1 aliphatic carbocycles. The highest BCUT2D eigenvalue weighted by Gasteiger charge is 2.26. The van der Waals surface area contributed by atoms with Crippen molar-refractivity contribution < 1.29 is 9.32 Å². The predicted octanol–water partition coefficient (Wildman–Crippen LogP) is 2.34. The Labute approximate surface area is 137 Å². The summed E-state index contributed by atoms with van der Waals surface area (Å²) in [6.07, 6.45) is 4.83. The topological polar surface area (TPSA) is 34.7 Å². The van der Waals surface area contributed by atoms with Crippen molar-refractivity contribution in [3.63, 3.8) is 0 Å². The molecule has 1 saturated heterocycles. The van der Waals surface area contributed by atoms with Gasteiger partial charge in [0.25, 0.3) is 0 Å². The third kappa shape index (κ3) is 2.94. The van der Waals surface area contributed by atoms with Crippen molar-refractivity contribution in [2.24, 2.45) is 11.8 Å². The summed E-state index contributed by atoms with van der Waals surface area (Å²) in [6.45, 7) is 8.05. The maximum atomic E-state index is 12.0. The third-order valence-corrected chi connectivity index (χ3v) is 5.56. The van der Waals surface area contributed by atoms with Gasteiger partial charge < -0.3 is 9.32 Å². The molecule has 1 fully saturated rings. The molecule has 2 aromatic rings. The van der Waals surface area contributed by atoms with Crippen LogP contribution in [-0.2, 0) is 19.4 Å². The standard InChI is InChI=1S/C20H25NO2/c1-13-6-14(2)11-21(10-13)12-17-9-20(22)23-19-8-16-5-3-4-15(16)7-18(17)19/h7-9,13-14H,3-6,10-12H2,1-2H3/p+1/t13-,14+. The number of aryl methyl sites for hydroxylation is 2. The second-order valence-electron chi connectivity index (χ2n) is 7.84. The molecule has 3 nitrogen and oxygen atoms in total. The average Bonchev–Trinajstić information content (AvgIpc) is 2.91. The van der Waals surface area contributed by atoms with Gasteiger partial charge in [-0.2, -0.15) is 0 Å². The number of nitrogens with one attached hydrogen (secondary N) is 1. The van der Waals surface area contributed by atoms with Crippen LogP contribution in [0, 0.1) is 11.8 Å². The monoisotopic (exact) mass is 312 g/mol. The lowest BCUT2D eigenvalue weighted by molar-refractivity contribution is -0.925. The summed E-state index contributed by atoms with van der Waals surface area (Å²) >= 11 is 0. The van der Waals surface area contributed by atoms with Crippen LogP contribution in [-0.4, -0.2) is 13.1 Å². The van der Waals surface area contributed by atoms with Crippen molar-refractivity contribution in [2.45, 2.75) is 46.1 Å². The van der Waals surface area contributed by atoms with Gasteiger partial charge in [0.2, 0.25) is 0 Å². The third-order valence-electron chi connectivity index (χ3n) is 5.56. The molecule has 1 aromatic carbocycles. The van der Waals surface area contributed by atoms with Crippen molar-refractivity contribution in [3.05, 3.63) is 45.3 Å². The predicted molar refractivity (Wildman–Crippen MR) is 91.9 cm³/mol. The van der Waals surface area contributed by atoms with Gasteiger partial charge >= 0.3 is 5.63 Å². The van der Waals surface area contributed by atoms with Crippen molar-refractivity contribution in [1.82, 2.24) is 0 Å². The zero-order valence-electron chi connectivity index (χ0n) is 14.2. The molecule has 4 rings (SSSR count). The van der Waals surface area contributed by atoms with E-state index in [1.807, 2.05) is 0 Å². The minimum atomic E-state index is -0.206. The summed E-state index contributed by atoms with van der Waals surface area (Å²) in [6, 6.07) is 6.12. The summed E-state index contributed by atoms with van der Waals surface area (Å²) in [5, 5.41) is 1.16. The van der Waals surface area contributed by atoms with E-state index >= 15 is 0 Å². The minimum Gasteiger partial charge on any atom is -0.423 e. The van der Waals surface area contributed by atoms with E-state index in [0.29, 0.717) is 0 Å². The number of quaternary nitrogens is 1. The molecule has 0 bridgehead atoms. The van der Waals surface area contributed by atoms with Crippen molar-refractivity contribution >= 4 is 11.0 Å². The Morgan fingerprint density at radius 2 is 1.78 bits per heavy atom. The van der Waals surface area contributed by atoms with Crippen LogP contribution in [0.3, 0.4) is 0 Å². The Bertz CT molecular complexity index is 782. The molecular formula is C20H26NO2+. The number of fused-ring (bicyclic) bond motifs is 2. The van der Waals surface area contributed by atoms with E-state index in [1.165, 1.54) is 42.6 Å². The molecule has 3 atom stereocenters. The largest absolute Gasteiger partial charge is 0.423 e. The van der Waals surface area contributed by atoms with E-state index in [1.54, 1.807) is 11.0 Å². The van der Waals surface area contributed by atoms with E-state index < -0.39 is 0 Å². The highest BCUT2D eigenvalue weighted by atomic mass is 16.4. The number of rotatable bonds is 2. The molecular weight excluding hydrogens is 286 g/mol. The van der Waals surface area contributed by atoms with Crippen LogP contribution in [0.1, 0.15) is 43.4 Å². The lowest BCUT2D eigenvalue weighted by Crippen LogP contribution is -3.13. The number of piperidine rings is 1. The maximum Gasteiger partial charge on any atom is 0.336 e. The van der Waals surface area contributed by atoms with Crippen molar-refractivity contribution in [1.29, 1.82) is 0 Å². The molecule has 1 aromatic heterocycles.